The van der Waals surface area contributed by atoms with Gasteiger partial charge in [-0.05, 0) is 31.2 Å². The Morgan fingerprint density at radius 3 is 2.94 bits per heavy atom. The monoisotopic (exact) mass is 235 g/mol. The molecule has 3 rings (SSSR count). The average Bonchev–Trinajstić information content (AvgIpc) is 2.58. The summed E-state index contributed by atoms with van der Waals surface area (Å²) in [7, 11) is 0. The van der Waals surface area contributed by atoms with Crippen LogP contribution in [0.3, 0.4) is 0 Å². The SMILES string of the molecule is CC1CCC2(C1)C[C@H](N)c1ccc(F)cc1O2. The lowest BCUT2D eigenvalue weighted by Gasteiger charge is -2.39. The Morgan fingerprint density at radius 2 is 2.24 bits per heavy atom. The first kappa shape index (κ1) is 11.0. The van der Waals surface area contributed by atoms with E-state index < -0.39 is 0 Å². The zero-order valence-corrected chi connectivity index (χ0v) is 10.1. The van der Waals surface area contributed by atoms with Gasteiger partial charge in [0.2, 0.25) is 0 Å². The normalized spacial score (nSPS) is 35.7. The van der Waals surface area contributed by atoms with Crippen LogP contribution in [0.2, 0.25) is 0 Å². The minimum atomic E-state index is -0.251. The van der Waals surface area contributed by atoms with Gasteiger partial charge in [-0.2, -0.15) is 0 Å². The fourth-order valence-corrected chi connectivity index (χ4v) is 3.32. The Hall–Kier alpha value is -1.09. The van der Waals surface area contributed by atoms with Crippen LogP contribution in [0.4, 0.5) is 4.39 Å². The summed E-state index contributed by atoms with van der Waals surface area (Å²) in [5.74, 6) is 1.08. The van der Waals surface area contributed by atoms with Crippen molar-refractivity contribution in [2.24, 2.45) is 11.7 Å². The highest BCUT2D eigenvalue weighted by molar-refractivity contribution is 5.39. The lowest BCUT2D eigenvalue weighted by Crippen LogP contribution is -2.40. The lowest BCUT2D eigenvalue weighted by atomic mass is 9.86. The molecule has 2 N–H and O–H groups in total. The van der Waals surface area contributed by atoms with Crippen LogP contribution in [-0.2, 0) is 0 Å². The maximum absolute atomic E-state index is 13.3. The minimum absolute atomic E-state index is 0.0235. The van der Waals surface area contributed by atoms with E-state index in [1.165, 1.54) is 18.6 Å². The highest BCUT2D eigenvalue weighted by atomic mass is 19.1. The molecular weight excluding hydrogens is 217 g/mol. The number of ether oxygens (including phenoxy) is 1. The summed E-state index contributed by atoms with van der Waals surface area (Å²) in [5.41, 5.74) is 7.00. The summed E-state index contributed by atoms with van der Waals surface area (Å²) in [4.78, 5) is 0. The Kier molecular flexibility index (Phi) is 2.40. The number of halogens is 1. The summed E-state index contributed by atoms with van der Waals surface area (Å²) in [6.07, 6.45) is 4.11. The zero-order valence-electron chi connectivity index (χ0n) is 10.1. The molecule has 92 valence electrons. The Balaban J connectivity index is 1.97. The molecule has 2 nitrogen and oxygen atoms in total. The van der Waals surface area contributed by atoms with Crippen LogP contribution in [-0.4, -0.2) is 5.60 Å². The fraction of sp³-hybridized carbons (Fsp3) is 0.571. The number of benzene rings is 1. The molecule has 1 heterocycles. The molecule has 1 aromatic rings. The van der Waals surface area contributed by atoms with Crippen molar-refractivity contribution in [2.75, 3.05) is 0 Å². The molecule has 0 amide bonds. The van der Waals surface area contributed by atoms with Crippen molar-refractivity contribution in [3.8, 4) is 5.75 Å². The standard InChI is InChI=1S/C14H18FNO/c1-9-4-5-14(7-9)8-12(16)11-3-2-10(15)6-13(11)17-14/h2-3,6,9,12H,4-5,7-8,16H2,1H3/t9?,12-,14?/m0/s1. The number of nitrogens with two attached hydrogens (primary N) is 1. The van der Waals surface area contributed by atoms with Crippen LogP contribution < -0.4 is 10.5 Å². The molecular formula is C14H18FNO. The van der Waals surface area contributed by atoms with Gasteiger partial charge in [-0.25, -0.2) is 4.39 Å². The van der Waals surface area contributed by atoms with Crippen molar-refractivity contribution in [3.63, 3.8) is 0 Å². The maximum atomic E-state index is 13.3. The summed E-state index contributed by atoms with van der Waals surface area (Å²) in [6.45, 7) is 2.24. The predicted molar refractivity (Wildman–Crippen MR) is 64.3 cm³/mol. The van der Waals surface area contributed by atoms with E-state index in [1.54, 1.807) is 6.07 Å². The summed E-state index contributed by atoms with van der Waals surface area (Å²) in [6, 6.07) is 4.65. The second-order valence-electron chi connectivity index (χ2n) is 5.63. The lowest BCUT2D eigenvalue weighted by molar-refractivity contribution is 0.0390. The van der Waals surface area contributed by atoms with Gasteiger partial charge >= 0.3 is 0 Å². The Bertz CT molecular complexity index is 448. The van der Waals surface area contributed by atoms with E-state index in [0.717, 1.165) is 24.8 Å². The molecule has 1 aliphatic carbocycles. The highest BCUT2D eigenvalue weighted by Gasteiger charge is 2.44. The Labute approximate surface area is 101 Å². The van der Waals surface area contributed by atoms with Gasteiger partial charge in [-0.1, -0.05) is 13.0 Å². The van der Waals surface area contributed by atoms with E-state index in [-0.39, 0.29) is 17.5 Å². The molecule has 17 heavy (non-hydrogen) atoms. The van der Waals surface area contributed by atoms with Crippen LogP contribution in [0, 0.1) is 11.7 Å². The fourth-order valence-electron chi connectivity index (χ4n) is 3.32. The van der Waals surface area contributed by atoms with Crippen LogP contribution in [0.1, 0.15) is 44.2 Å². The summed E-state index contributed by atoms with van der Waals surface area (Å²) < 4.78 is 19.3. The molecule has 1 aromatic carbocycles. The van der Waals surface area contributed by atoms with E-state index in [9.17, 15) is 4.39 Å². The molecule has 0 saturated heterocycles. The third-order valence-corrected chi connectivity index (χ3v) is 4.11. The van der Waals surface area contributed by atoms with Gasteiger partial charge in [0, 0.05) is 24.1 Å². The third kappa shape index (κ3) is 1.82. The number of rotatable bonds is 0. The smallest absolute Gasteiger partial charge is 0.127 e. The van der Waals surface area contributed by atoms with Gasteiger partial charge in [0.05, 0.1) is 0 Å². The third-order valence-electron chi connectivity index (χ3n) is 4.11. The van der Waals surface area contributed by atoms with Crippen molar-refractivity contribution >= 4 is 0 Å². The van der Waals surface area contributed by atoms with Crippen molar-refractivity contribution < 1.29 is 9.13 Å². The van der Waals surface area contributed by atoms with Gasteiger partial charge in [-0.3, -0.25) is 0 Å². The zero-order chi connectivity index (χ0) is 12.0. The molecule has 3 atom stereocenters. The Morgan fingerprint density at radius 1 is 1.41 bits per heavy atom. The molecule has 0 bridgehead atoms. The topological polar surface area (TPSA) is 35.2 Å². The van der Waals surface area contributed by atoms with Gasteiger partial charge in [0.15, 0.2) is 0 Å². The van der Waals surface area contributed by atoms with E-state index in [2.05, 4.69) is 6.92 Å². The molecule has 3 heteroatoms. The average molecular weight is 235 g/mol. The van der Waals surface area contributed by atoms with Gasteiger partial charge in [0.1, 0.15) is 17.2 Å². The number of hydrogen-bond donors (Lipinski definition) is 1. The first-order valence-electron chi connectivity index (χ1n) is 6.32. The molecule has 2 aliphatic rings. The number of hydrogen-bond acceptors (Lipinski definition) is 2. The molecule has 1 saturated carbocycles. The highest BCUT2D eigenvalue weighted by Crippen LogP contribution is 2.48. The summed E-state index contributed by atoms with van der Waals surface area (Å²) >= 11 is 0. The second-order valence-corrected chi connectivity index (χ2v) is 5.63. The molecule has 2 unspecified atom stereocenters. The van der Waals surface area contributed by atoms with Crippen molar-refractivity contribution in [1.82, 2.24) is 0 Å². The van der Waals surface area contributed by atoms with Crippen LogP contribution >= 0.6 is 0 Å². The van der Waals surface area contributed by atoms with Crippen LogP contribution in [0.15, 0.2) is 18.2 Å². The van der Waals surface area contributed by atoms with E-state index in [1.807, 2.05) is 0 Å². The summed E-state index contributed by atoms with van der Waals surface area (Å²) in [5, 5.41) is 0. The minimum Gasteiger partial charge on any atom is -0.487 e. The van der Waals surface area contributed by atoms with E-state index >= 15 is 0 Å². The van der Waals surface area contributed by atoms with Crippen molar-refractivity contribution in [2.45, 2.75) is 44.2 Å². The van der Waals surface area contributed by atoms with Crippen LogP contribution in [0.5, 0.6) is 5.75 Å². The van der Waals surface area contributed by atoms with Gasteiger partial charge in [0.25, 0.3) is 0 Å². The van der Waals surface area contributed by atoms with Gasteiger partial charge in [-0.15, -0.1) is 0 Å². The van der Waals surface area contributed by atoms with Crippen molar-refractivity contribution in [3.05, 3.63) is 29.6 Å². The first-order valence-corrected chi connectivity index (χ1v) is 6.32. The predicted octanol–water partition coefficient (Wildman–Crippen LogP) is 3.17. The van der Waals surface area contributed by atoms with E-state index in [0.29, 0.717) is 11.7 Å². The first-order chi connectivity index (χ1) is 8.08. The molecule has 0 radical (unpaired) electrons. The quantitative estimate of drug-likeness (QED) is 0.749. The number of fused-ring (bicyclic) bond motifs is 1. The largest absolute Gasteiger partial charge is 0.487 e. The molecule has 0 aromatic heterocycles. The second kappa shape index (κ2) is 3.70. The van der Waals surface area contributed by atoms with Gasteiger partial charge < -0.3 is 10.5 Å². The van der Waals surface area contributed by atoms with Crippen LogP contribution in [0.25, 0.3) is 0 Å². The molecule has 1 fully saturated rings. The maximum Gasteiger partial charge on any atom is 0.127 e. The molecule has 1 spiro atoms. The van der Waals surface area contributed by atoms with Crippen molar-refractivity contribution in [1.29, 1.82) is 0 Å². The van der Waals surface area contributed by atoms with E-state index in [4.69, 9.17) is 10.5 Å². The molecule has 1 aliphatic heterocycles.